The minimum absolute atomic E-state index is 0.0116. The molecule has 3 aliphatic rings. The lowest BCUT2D eigenvalue weighted by molar-refractivity contribution is -0.120. The summed E-state index contributed by atoms with van der Waals surface area (Å²) in [6.45, 7) is 22.8. The second kappa shape index (κ2) is 52.8. The highest BCUT2D eigenvalue weighted by molar-refractivity contribution is 6.31. The van der Waals surface area contributed by atoms with E-state index in [2.05, 4.69) is 21.3 Å². The number of rotatable bonds is 37. The number of likely N-dealkylation sites (N-methyl/N-ethyl adjacent to an activating group) is 1. The number of carbonyl (C=O) groups is 8. The van der Waals surface area contributed by atoms with E-state index in [4.69, 9.17) is 78.4 Å². The lowest BCUT2D eigenvalue weighted by atomic mass is 9.90. The lowest BCUT2D eigenvalue weighted by Gasteiger charge is -2.34. The van der Waals surface area contributed by atoms with Gasteiger partial charge in [0.25, 0.3) is 0 Å². The van der Waals surface area contributed by atoms with Crippen LogP contribution < -0.4 is 27.0 Å². The van der Waals surface area contributed by atoms with Crippen LogP contribution in [-0.2, 0) is 52.3 Å². The number of ether oxygens (including phenoxy) is 8. The van der Waals surface area contributed by atoms with E-state index in [0.29, 0.717) is 114 Å². The van der Waals surface area contributed by atoms with Crippen molar-refractivity contribution in [3.63, 3.8) is 0 Å². The third kappa shape index (κ3) is 38.0. The molecule has 3 fully saturated rings. The molecule has 3 heterocycles. The Morgan fingerprint density at radius 1 is 0.467 bits per heavy atom. The zero-order chi connectivity index (χ0) is 87.7. The maximum Gasteiger partial charge on any atom is 0.410 e. The average molecular weight is 1720 g/mol. The molecule has 5 amide bonds. The van der Waals surface area contributed by atoms with Crippen LogP contribution in [-0.4, -0.2) is 198 Å². The van der Waals surface area contributed by atoms with Gasteiger partial charge in [-0.15, -0.1) is 0 Å². The topological polar surface area (TPSA) is 311 Å². The van der Waals surface area contributed by atoms with Crippen LogP contribution in [0.25, 0.3) is 0 Å². The van der Waals surface area contributed by atoms with Gasteiger partial charge < -0.3 is 79.8 Å². The molecule has 0 aromatic heterocycles. The number of nitrogens with zero attached hydrogens (tertiary/aromatic N) is 2. The SMILES string of the molecule is CC(=O)NCCO[C@@H](c1cccc(Cl)c1)c1cccc(C(=O)CC[C@H](C[C@H]2CCCOC2)N(C)C(=O)OC(C)(C)C)c1.CC(=O)NCCO[C@@H](c1cccc(Cl)c1)c1cccc(C(=O)O)c1.CN(C(=O)OC(C)(C)C)[C@H](CN)C[C@H]1CCCOC1.CN[C@H](CCC(=O)c1cccc([C@@H](OCCNC(C)=O)c2cccc(Cl)c2)c1)C[C@H]1CCCOC1. The Balaban J connectivity index is 0.000000259. The Hall–Kier alpha value is -8.37. The number of hydrogen-bond donors (Lipinski definition) is 6. The number of halogens is 3. The molecule has 6 aromatic rings. The number of carboxylic acid groups (broad SMARTS) is 1. The molecule has 0 aliphatic carbocycles. The summed E-state index contributed by atoms with van der Waals surface area (Å²) in [6, 6.07) is 43.9. The molecule has 0 unspecified atom stereocenters. The number of nitrogens with two attached hydrogens (primary N) is 1. The highest BCUT2D eigenvalue weighted by Gasteiger charge is 2.32. The van der Waals surface area contributed by atoms with Gasteiger partial charge in [-0.25, -0.2) is 14.4 Å². The normalized spacial score (nSPS) is 16.8. The molecule has 6 aromatic carbocycles. The molecule has 7 N–H and O–H groups in total. The molecule has 0 spiro atoms. The van der Waals surface area contributed by atoms with Gasteiger partial charge in [0.15, 0.2) is 11.6 Å². The van der Waals surface area contributed by atoms with Crippen molar-refractivity contribution < 1.29 is 81.4 Å². The number of hydrogen-bond acceptors (Lipinski definition) is 18. The lowest BCUT2D eigenvalue weighted by Crippen LogP contribution is -2.45. The van der Waals surface area contributed by atoms with E-state index in [9.17, 15) is 43.5 Å². The van der Waals surface area contributed by atoms with Crippen molar-refractivity contribution in [1.29, 1.82) is 0 Å². The van der Waals surface area contributed by atoms with Crippen LogP contribution in [0.1, 0.15) is 229 Å². The van der Waals surface area contributed by atoms with Gasteiger partial charge in [0.2, 0.25) is 17.7 Å². The molecule has 3 aliphatic heterocycles. The fraction of sp³-hybridized carbons (Fsp3) is 0.527. The van der Waals surface area contributed by atoms with Crippen LogP contribution in [0.3, 0.4) is 0 Å². The maximum atomic E-state index is 13.5. The molecular weight excluding hydrogens is 1590 g/mol. The van der Waals surface area contributed by atoms with Crippen LogP contribution in [0, 0.1) is 17.8 Å². The molecule has 0 radical (unpaired) electrons. The van der Waals surface area contributed by atoms with Crippen molar-refractivity contribution in [2.45, 2.75) is 193 Å². The van der Waals surface area contributed by atoms with Gasteiger partial charge in [0.1, 0.15) is 29.5 Å². The number of carboxylic acids is 1. The number of benzene rings is 6. The summed E-state index contributed by atoms with van der Waals surface area (Å²) in [5.41, 5.74) is 11.1. The number of nitrogens with one attached hydrogen (secondary N) is 4. The molecule has 3 saturated heterocycles. The first-order valence-corrected chi connectivity index (χ1v) is 42.8. The van der Waals surface area contributed by atoms with Crippen LogP contribution in [0.5, 0.6) is 0 Å². The largest absolute Gasteiger partial charge is 0.478 e. The monoisotopic (exact) mass is 1720 g/mol. The number of Topliss-reactive ketones (excluding diaryl/α,β-unsaturated/α-hetero) is 2. The van der Waals surface area contributed by atoms with Crippen molar-refractivity contribution in [2.75, 3.05) is 107 Å². The zero-order valence-electron chi connectivity index (χ0n) is 72.0. The van der Waals surface area contributed by atoms with E-state index in [1.54, 1.807) is 66.4 Å². The number of aromatic carboxylic acids is 1. The summed E-state index contributed by atoms with van der Waals surface area (Å²) < 4.78 is 46.0. The van der Waals surface area contributed by atoms with Crippen LogP contribution in [0.15, 0.2) is 146 Å². The smallest absolute Gasteiger partial charge is 0.410 e. The quantitative estimate of drug-likeness (QED) is 0.0156. The van der Waals surface area contributed by atoms with Gasteiger partial charge in [-0.1, -0.05) is 120 Å². The van der Waals surface area contributed by atoms with Crippen LogP contribution >= 0.6 is 34.8 Å². The molecule has 24 nitrogen and oxygen atoms in total. The summed E-state index contributed by atoms with van der Waals surface area (Å²) in [5.74, 6) is 0.136. The van der Waals surface area contributed by atoms with Gasteiger partial charge in [0, 0.05) is 158 Å². The van der Waals surface area contributed by atoms with Gasteiger partial charge in [-0.3, -0.25) is 24.0 Å². The fourth-order valence-corrected chi connectivity index (χ4v) is 14.8. The van der Waals surface area contributed by atoms with Crippen LogP contribution in [0.2, 0.25) is 15.1 Å². The molecular formula is C93H128Cl3N7O17. The fourth-order valence-electron chi connectivity index (χ4n) is 14.2. The van der Waals surface area contributed by atoms with Crippen molar-refractivity contribution in [3.8, 4) is 0 Å². The van der Waals surface area contributed by atoms with Crippen LogP contribution in [0.4, 0.5) is 9.59 Å². The summed E-state index contributed by atoms with van der Waals surface area (Å²) in [7, 11) is 5.48. The average Bonchev–Trinajstić information content (AvgIpc) is 0.832. The van der Waals surface area contributed by atoms with Gasteiger partial charge in [-0.05, 0) is 231 Å². The van der Waals surface area contributed by atoms with E-state index in [0.717, 1.165) is 119 Å². The summed E-state index contributed by atoms with van der Waals surface area (Å²) in [6.07, 6.45) is 9.30. The Bertz CT molecular complexity index is 4160. The molecule has 0 bridgehead atoms. The first-order valence-electron chi connectivity index (χ1n) is 41.7. The molecule has 9 atom stereocenters. The first kappa shape index (κ1) is 100. The molecule has 120 heavy (non-hydrogen) atoms. The Kier molecular flexibility index (Phi) is 44.2. The third-order valence-electron chi connectivity index (χ3n) is 20.4. The molecule has 27 heteroatoms. The second-order valence-corrected chi connectivity index (χ2v) is 33.9. The Labute approximate surface area is 724 Å². The van der Waals surface area contributed by atoms with Crippen molar-refractivity contribution in [1.82, 2.24) is 31.1 Å². The number of carbonyl (C=O) groups excluding carboxylic acids is 7. The minimum atomic E-state index is -1.00. The van der Waals surface area contributed by atoms with E-state index in [-0.39, 0.29) is 72.1 Å². The summed E-state index contributed by atoms with van der Waals surface area (Å²) in [5, 5.41) is 22.5. The molecule has 9 rings (SSSR count). The highest BCUT2D eigenvalue weighted by atomic mass is 35.5. The van der Waals surface area contributed by atoms with Crippen molar-refractivity contribution in [2.24, 2.45) is 23.5 Å². The van der Waals surface area contributed by atoms with Gasteiger partial charge in [-0.2, -0.15) is 0 Å². The minimum Gasteiger partial charge on any atom is -0.478 e. The van der Waals surface area contributed by atoms with E-state index in [1.165, 1.54) is 33.3 Å². The third-order valence-corrected chi connectivity index (χ3v) is 21.1. The van der Waals surface area contributed by atoms with Gasteiger partial charge >= 0.3 is 18.2 Å². The van der Waals surface area contributed by atoms with Crippen molar-refractivity contribution in [3.05, 3.63) is 211 Å². The zero-order valence-corrected chi connectivity index (χ0v) is 74.3. The number of ketones is 2. The van der Waals surface area contributed by atoms with Gasteiger partial charge in [0.05, 0.1) is 25.4 Å². The Morgan fingerprint density at radius 2 is 0.783 bits per heavy atom. The predicted octanol–water partition coefficient (Wildman–Crippen LogP) is 16.8. The Morgan fingerprint density at radius 3 is 1.10 bits per heavy atom. The highest BCUT2D eigenvalue weighted by Crippen LogP contribution is 2.34. The second-order valence-electron chi connectivity index (χ2n) is 32.6. The van der Waals surface area contributed by atoms with E-state index in [1.807, 2.05) is 146 Å². The molecule has 658 valence electrons. The molecule has 0 saturated carbocycles. The predicted molar refractivity (Wildman–Crippen MR) is 469 cm³/mol. The standard InChI is InChI=1S/C33H45ClN2O6.C28H37ClN2O4.C18H18ClNO4.C14H28N2O3/c1-23(37)35-16-18-41-31(27-12-7-13-28(34)21-27)26-11-6-10-25(20-26)30(38)15-14-29(19-24-9-8-17-40-22-24)36(5)32(39)42-33(2,3)4;1-20(32)31-13-15-35-28(24-9-4-10-25(29)18-24)23-8-3-7-22(17-23)27(33)12-11-26(30-2)16-21-6-5-14-34-19-21;1-12(21)20-8-9-24-17(14-5-3-7-16(19)11-14)13-4-2-6-15(10-13)18(22)23;1-14(2,3)19-13(17)16(4)12(9-15)8-11-6-5-7-18-10-11/h6-7,10-13,20-21,24,29,31H,8-9,14-19,22H2,1-5H3,(H,35,37);3-4,7-10,17-18,21,26,28,30H,5-6,11-16,19H2,1-2H3,(H,31,32);2-7,10-11,17H,8-9H2,1H3,(H,20,21)(H,22,23);11-12H,5-10,15H2,1-4H3/t24-,29-,31-;21-,26-,28-;17-;11-,12+/m1111/s1. The summed E-state index contributed by atoms with van der Waals surface area (Å²) >= 11 is 18.6. The first-order chi connectivity index (χ1) is 57.2. The van der Waals surface area contributed by atoms with E-state index >= 15 is 0 Å². The number of amides is 5. The maximum absolute atomic E-state index is 13.5. The van der Waals surface area contributed by atoms with Crippen molar-refractivity contribution >= 4 is 82.2 Å². The van der Waals surface area contributed by atoms with E-state index < -0.39 is 35.5 Å². The summed E-state index contributed by atoms with van der Waals surface area (Å²) in [4.78, 5) is 99.4.